The van der Waals surface area contributed by atoms with Crippen LogP contribution in [0.15, 0.2) is 78.9 Å². The number of rotatable bonds is 6. The summed E-state index contributed by atoms with van der Waals surface area (Å²) in [7, 11) is 1.63. The van der Waals surface area contributed by atoms with Gasteiger partial charge in [0.25, 0.3) is 5.91 Å². The third-order valence-electron chi connectivity index (χ3n) is 4.50. The number of hydrogen-bond acceptors (Lipinski definition) is 2. The highest BCUT2D eigenvalue weighted by molar-refractivity contribution is 6.33. The molecular formula is C24H22ClNO2. The fraction of sp³-hybridized carbons (Fsp3) is 0.125. The summed E-state index contributed by atoms with van der Waals surface area (Å²) in [5, 5.41) is 3.68. The molecule has 0 fully saturated rings. The molecule has 3 nitrogen and oxygen atoms in total. The second kappa shape index (κ2) is 9.25. The van der Waals surface area contributed by atoms with Gasteiger partial charge in [0, 0.05) is 10.6 Å². The Hall–Kier alpha value is -3.04. The quantitative estimate of drug-likeness (QED) is 0.428. The number of nitrogens with one attached hydrogen (secondary N) is 1. The number of hydrogen-bond donors (Lipinski definition) is 1. The maximum absolute atomic E-state index is 13.1. The number of benzene rings is 3. The van der Waals surface area contributed by atoms with E-state index in [1.54, 1.807) is 7.11 Å². The number of methoxy groups -OCH3 is 1. The van der Waals surface area contributed by atoms with E-state index in [0.717, 1.165) is 22.4 Å². The first-order chi connectivity index (χ1) is 13.6. The summed E-state index contributed by atoms with van der Waals surface area (Å²) in [6, 6.07) is 24.6. The highest BCUT2D eigenvalue weighted by Gasteiger charge is 2.16. The van der Waals surface area contributed by atoms with Crippen LogP contribution in [0.1, 0.15) is 29.7 Å². The van der Waals surface area contributed by atoms with E-state index in [-0.39, 0.29) is 11.9 Å². The fourth-order valence-electron chi connectivity index (χ4n) is 2.90. The average molecular weight is 392 g/mol. The zero-order valence-electron chi connectivity index (χ0n) is 15.9. The molecule has 4 heteroatoms. The van der Waals surface area contributed by atoms with E-state index in [4.69, 9.17) is 16.3 Å². The van der Waals surface area contributed by atoms with Gasteiger partial charge in [-0.2, -0.15) is 0 Å². The van der Waals surface area contributed by atoms with Gasteiger partial charge in [0.05, 0.1) is 13.2 Å². The first kappa shape index (κ1) is 19.7. The molecule has 3 rings (SSSR count). The molecule has 0 aliphatic rings. The summed E-state index contributed by atoms with van der Waals surface area (Å²) in [4.78, 5) is 13.1. The van der Waals surface area contributed by atoms with E-state index in [1.165, 1.54) is 0 Å². The van der Waals surface area contributed by atoms with E-state index in [0.29, 0.717) is 10.6 Å². The molecule has 1 N–H and O–H groups in total. The fourth-order valence-corrected chi connectivity index (χ4v) is 3.09. The van der Waals surface area contributed by atoms with Gasteiger partial charge in [0.2, 0.25) is 0 Å². The third kappa shape index (κ3) is 4.81. The van der Waals surface area contributed by atoms with Crippen molar-refractivity contribution in [1.82, 2.24) is 5.32 Å². The lowest BCUT2D eigenvalue weighted by Crippen LogP contribution is -2.27. The van der Waals surface area contributed by atoms with Crippen LogP contribution in [0.4, 0.5) is 0 Å². The summed E-state index contributed by atoms with van der Waals surface area (Å²) in [5.41, 5.74) is 3.20. The summed E-state index contributed by atoms with van der Waals surface area (Å²) < 4.78 is 5.19. The van der Waals surface area contributed by atoms with E-state index < -0.39 is 0 Å². The van der Waals surface area contributed by atoms with Crippen molar-refractivity contribution in [2.45, 2.75) is 13.0 Å². The summed E-state index contributed by atoms with van der Waals surface area (Å²) in [6.45, 7) is 1.96. The largest absolute Gasteiger partial charge is 0.497 e. The van der Waals surface area contributed by atoms with Gasteiger partial charge >= 0.3 is 0 Å². The van der Waals surface area contributed by atoms with Crippen LogP contribution in [0.25, 0.3) is 11.6 Å². The van der Waals surface area contributed by atoms with Gasteiger partial charge < -0.3 is 10.1 Å². The van der Waals surface area contributed by atoms with Crippen molar-refractivity contribution in [3.05, 3.63) is 101 Å². The lowest BCUT2D eigenvalue weighted by Gasteiger charge is -2.17. The van der Waals surface area contributed by atoms with Crippen molar-refractivity contribution < 1.29 is 9.53 Å². The smallest absolute Gasteiger partial charge is 0.252 e. The van der Waals surface area contributed by atoms with Gasteiger partial charge in [-0.25, -0.2) is 0 Å². The molecule has 0 saturated heterocycles. The number of ether oxygens (including phenoxy) is 1. The van der Waals surface area contributed by atoms with Crippen LogP contribution in [0.3, 0.4) is 0 Å². The van der Waals surface area contributed by atoms with E-state index >= 15 is 0 Å². The molecule has 1 amide bonds. The number of halogens is 1. The standard InChI is InChI=1S/C24H22ClNO2/c1-17(18-12-14-21(28-2)15-13-18)26-24(27)22(19-8-4-3-5-9-19)16-20-10-6-7-11-23(20)25/h3-17H,1-2H3,(H,26,27)/b22-16+/t17-/m1/s1. The zero-order chi connectivity index (χ0) is 19.9. The van der Waals surface area contributed by atoms with Crippen LogP contribution < -0.4 is 10.1 Å². The van der Waals surface area contributed by atoms with Gasteiger partial charge in [-0.3, -0.25) is 4.79 Å². The maximum Gasteiger partial charge on any atom is 0.252 e. The minimum atomic E-state index is -0.158. The van der Waals surface area contributed by atoms with Crippen molar-refractivity contribution >= 4 is 29.2 Å². The predicted molar refractivity (Wildman–Crippen MR) is 115 cm³/mol. The molecule has 0 aromatic heterocycles. The molecule has 0 aliphatic heterocycles. The monoisotopic (exact) mass is 391 g/mol. The highest BCUT2D eigenvalue weighted by Crippen LogP contribution is 2.25. The second-order valence-corrected chi connectivity index (χ2v) is 6.82. The molecular weight excluding hydrogens is 370 g/mol. The number of carbonyl (C=O) groups is 1. The van der Waals surface area contributed by atoms with Gasteiger partial charge in [-0.1, -0.05) is 72.3 Å². The van der Waals surface area contributed by atoms with Crippen LogP contribution >= 0.6 is 11.6 Å². The molecule has 0 radical (unpaired) electrons. The Labute approximate surface area is 170 Å². The van der Waals surface area contributed by atoms with Crippen LogP contribution in [0.5, 0.6) is 5.75 Å². The van der Waals surface area contributed by atoms with Gasteiger partial charge in [0.1, 0.15) is 5.75 Å². The van der Waals surface area contributed by atoms with Crippen molar-refractivity contribution in [3.8, 4) is 5.75 Å². The molecule has 1 atom stereocenters. The van der Waals surface area contributed by atoms with Crippen molar-refractivity contribution in [2.75, 3.05) is 7.11 Å². The number of carbonyl (C=O) groups excluding carboxylic acids is 1. The average Bonchev–Trinajstić information content (AvgIpc) is 2.73. The Morgan fingerprint density at radius 3 is 2.25 bits per heavy atom. The normalized spacial score (nSPS) is 12.3. The topological polar surface area (TPSA) is 38.3 Å². The lowest BCUT2D eigenvalue weighted by molar-refractivity contribution is -0.116. The van der Waals surface area contributed by atoms with Crippen molar-refractivity contribution in [1.29, 1.82) is 0 Å². The first-order valence-electron chi connectivity index (χ1n) is 9.05. The number of amides is 1. The summed E-state index contributed by atoms with van der Waals surface area (Å²) >= 11 is 6.30. The highest BCUT2D eigenvalue weighted by atomic mass is 35.5. The van der Waals surface area contributed by atoms with Crippen LogP contribution in [0, 0.1) is 0 Å². The Morgan fingerprint density at radius 1 is 0.964 bits per heavy atom. The molecule has 0 heterocycles. The first-order valence-corrected chi connectivity index (χ1v) is 9.42. The van der Waals surface area contributed by atoms with Gasteiger partial charge in [-0.05, 0) is 47.9 Å². The predicted octanol–water partition coefficient (Wildman–Crippen LogP) is 5.77. The molecule has 0 bridgehead atoms. The molecule has 28 heavy (non-hydrogen) atoms. The lowest BCUT2D eigenvalue weighted by atomic mass is 10.0. The van der Waals surface area contributed by atoms with E-state index in [2.05, 4.69) is 5.32 Å². The summed E-state index contributed by atoms with van der Waals surface area (Å²) in [6.07, 6.45) is 1.83. The van der Waals surface area contributed by atoms with Crippen LogP contribution in [-0.2, 0) is 4.79 Å². The Kier molecular flexibility index (Phi) is 6.51. The molecule has 0 saturated carbocycles. The molecule has 0 spiro atoms. The Morgan fingerprint density at radius 2 is 1.61 bits per heavy atom. The van der Waals surface area contributed by atoms with Gasteiger partial charge in [0.15, 0.2) is 0 Å². The molecule has 0 unspecified atom stereocenters. The molecule has 0 aliphatic carbocycles. The minimum Gasteiger partial charge on any atom is -0.497 e. The van der Waals surface area contributed by atoms with Crippen LogP contribution in [-0.4, -0.2) is 13.0 Å². The SMILES string of the molecule is COc1ccc([C@@H](C)NC(=O)/C(=C/c2ccccc2Cl)c2ccccc2)cc1. The van der Waals surface area contributed by atoms with E-state index in [1.807, 2.05) is 91.9 Å². The zero-order valence-corrected chi connectivity index (χ0v) is 16.6. The second-order valence-electron chi connectivity index (χ2n) is 6.41. The van der Waals surface area contributed by atoms with Crippen molar-refractivity contribution in [2.24, 2.45) is 0 Å². The Bertz CT molecular complexity index is 965. The van der Waals surface area contributed by atoms with Gasteiger partial charge in [-0.15, -0.1) is 0 Å². The van der Waals surface area contributed by atoms with Crippen LogP contribution in [0.2, 0.25) is 5.02 Å². The van der Waals surface area contributed by atoms with Crippen molar-refractivity contribution in [3.63, 3.8) is 0 Å². The minimum absolute atomic E-state index is 0.156. The maximum atomic E-state index is 13.1. The van der Waals surface area contributed by atoms with E-state index in [9.17, 15) is 4.79 Å². The summed E-state index contributed by atoms with van der Waals surface area (Å²) in [5.74, 6) is 0.625. The Balaban J connectivity index is 1.89. The molecule has 3 aromatic rings. The molecule has 3 aromatic carbocycles. The third-order valence-corrected chi connectivity index (χ3v) is 4.84. The molecule has 142 valence electrons.